The lowest BCUT2D eigenvalue weighted by molar-refractivity contribution is 0.0865. The highest BCUT2D eigenvalue weighted by Crippen LogP contribution is 2.18. The van der Waals surface area contributed by atoms with Crippen LogP contribution >= 0.6 is 0 Å². The first kappa shape index (κ1) is 14.3. The molecule has 0 atom stereocenters. The van der Waals surface area contributed by atoms with Gasteiger partial charge in [0.05, 0.1) is 12.2 Å². The monoisotopic (exact) mass is 295 g/mol. The van der Waals surface area contributed by atoms with Gasteiger partial charge in [-0.2, -0.15) is 0 Å². The number of aryl methyl sites for hydroxylation is 1. The van der Waals surface area contributed by atoms with Gasteiger partial charge in [0.2, 0.25) is 0 Å². The van der Waals surface area contributed by atoms with E-state index in [1.54, 1.807) is 12.4 Å². The normalized spacial score (nSPS) is 10.6. The Morgan fingerprint density at radius 1 is 1.09 bits per heavy atom. The lowest BCUT2D eigenvalue weighted by atomic mass is 10.2. The Morgan fingerprint density at radius 2 is 1.86 bits per heavy atom. The molecule has 0 fully saturated rings. The summed E-state index contributed by atoms with van der Waals surface area (Å²) in [4.78, 5) is 9.96. The highest BCUT2D eigenvalue weighted by Gasteiger charge is 2.10. The van der Waals surface area contributed by atoms with Gasteiger partial charge in [0.25, 0.3) is 0 Å². The average Bonchev–Trinajstić information content (AvgIpc) is 2.99. The molecule has 2 aromatic heterocycles. The summed E-state index contributed by atoms with van der Waals surface area (Å²) < 4.78 is 5.06. The third-order valence-electron chi connectivity index (χ3n) is 3.16. The zero-order valence-electron chi connectivity index (χ0n) is 12.3. The molecule has 2 heterocycles. The van der Waals surface area contributed by atoms with Crippen LogP contribution in [0, 0.1) is 6.92 Å². The van der Waals surface area contributed by atoms with Crippen LogP contribution in [-0.2, 0) is 18.0 Å². The molecule has 0 N–H and O–H groups in total. The highest BCUT2D eigenvalue weighted by atomic mass is 16.7. The highest BCUT2D eigenvalue weighted by molar-refractivity contribution is 5.44. The van der Waals surface area contributed by atoms with E-state index in [-0.39, 0.29) is 0 Å². The minimum atomic E-state index is 0.358. The number of aromatic nitrogens is 2. The summed E-state index contributed by atoms with van der Waals surface area (Å²) in [6.45, 7) is 2.85. The number of hydrogen-bond donors (Lipinski definition) is 0. The Balaban J connectivity index is 1.74. The van der Waals surface area contributed by atoms with Crippen LogP contribution in [0.25, 0.3) is 0 Å². The zero-order chi connectivity index (χ0) is 15.2. The standard InChI is InChI=1S/C17H17N3O2/c1-14-11-16(19-22-14)13-21-20(17-5-3-2-4-6-17)12-15-7-9-18-10-8-15/h2-11H,12-13H2,1H3. The fraction of sp³-hybridized carbons (Fsp3) is 0.176. The number of anilines is 1. The van der Waals surface area contributed by atoms with Crippen LogP contribution in [0.2, 0.25) is 0 Å². The summed E-state index contributed by atoms with van der Waals surface area (Å²) in [7, 11) is 0. The maximum absolute atomic E-state index is 5.92. The van der Waals surface area contributed by atoms with Crippen molar-refractivity contribution in [1.29, 1.82) is 0 Å². The molecule has 22 heavy (non-hydrogen) atoms. The first-order chi connectivity index (χ1) is 10.8. The first-order valence-corrected chi connectivity index (χ1v) is 7.08. The SMILES string of the molecule is Cc1cc(CON(Cc2ccncc2)c2ccccc2)no1. The molecule has 0 saturated carbocycles. The fourth-order valence-electron chi connectivity index (χ4n) is 2.09. The molecule has 0 aliphatic heterocycles. The minimum absolute atomic E-state index is 0.358. The van der Waals surface area contributed by atoms with Gasteiger partial charge in [-0.3, -0.25) is 9.82 Å². The number of hydrogen-bond acceptors (Lipinski definition) is 5. The second-order valence-corrected chi connectivity index (χ2v) is 4.93. The van der Waals surface area contributed by atoms with Gasteiger partial charge in [-0.25, -0.2) is 5.06 Å². The van der Waals surface area contributed by atoms with E-state index in [4.69, 9.17) is 9.36 Å². The summed E-state index contributed by atoms with van der Waals surface area (Å²) >= 11 is 0. The van der Waals surface area contributed by atoms with Crippen LogP contribution in [0.5, 0.6) is 0 Å². The average molecular weight is 295 g/mol. The molecule has 0 unspecified atom stereocenters. The molecule has 3 aromatic rings. The van der Waals surface area contributed by atoms with Gasteiger partial charge in [-0.05, 0) is 36.8 Å². The van der Waals surface area contributed by atoms with Gasteiger partial charge in [-0.1, -0.05) is 23.4 Å². The van der Waals surface area contributed by atoms with Crippen molar-refractivity contribution in [2.45, 2.75) is 20.1 Å². The van der Waals surface area contributed by atoms with Crippen LogP contribution in [0.15, 0.2) is 65.4 Å². The van der Waals surface area contributed by atoms with Gasteiger partial charge >= 0.3 is 0 Å². The van der Waals surface area contributed by atoms with Crippen LogP contribution < -0.4 is 5.06 Å². The number of rotatable bonds is 6. The predicted molar refractivity (Wildman–Crippen MR) is 82.9 cm³/mol. The van der Waals surface area contributed by atoms with E-state index >= 15 is 0 Å². The Hall–Kier alpha value is -2.66. The number of nitrogens with zero attached hydrogens (tertiary/aromatic N) is 3. The zero-order valence-corrected chi connectivity index (χ0v) is 12.3. The van der Waals surface area contributed by atoms with E-state index < -0.39 is 0 Å². The van der Waals surface area contributed by atoms with Crippen molar-refractivity contribution in [3.63, 3.8) is 0 Å². The van der Waals surface area contributed by atoms with Crippen molar-refractivity contribution in [2.24, 2.45) is 0 Å². The molecule has 5 heteroatoms. The van der Waals surface area contributed by atoms with E-state index in [1.807, 2.05) is 60.5 Å². The Kier molecular flexibility index (Phi) is 4.46. The number of benzene rings is 1. The van der Waals surface area contributed by atoms with Gasteiger partial charge in [-0.15, -0.1) is 0 Å². The molecular weight excluding hydrogens is 278 g/mol. The van der Waals surface area contributed by atoms with Crippen molar-refractivity contribution < 1.29 is 9.36 Å². The Morgan fingerprint density at radius 3 is 2.55 bits per heavy atom. The van der Waals surface area contributed by atoms with E-state index in [2.05, 4.69) is 10.1 Å². The summed E-state index contributed by atoms with van der Waals surface area (Å²) in [6.07, 6.45) is 3.55. The smallest absolute Gasteiger partial charge is 0.134 e. The fourth-order valence-corrected chi connectivity index (χ4v) is 2.09. The maximum Gasteiger partial charge on any atom is 0.134 e. The van der Waals surface area contributed by atoms with Crippen LogP contribution in [-0.4, -0.2) is 10.1 Å². The lowest BCUT2D eigenvalue weighted by Gasteiger charge is -2.23. The van der Waals surface area contributed by atoms with Crippen molar-refractivity contribution in [3.8, 4) is 0 Å². The minimum Gasteiger partial charge on any atom is -0.361 e. The molecular formula is C17H17N3O2. The van der Waals surface area contributed by atoms with E-state index in [9.17, 15) is 0 Å². The first-order valence-electron chi connectivity index (χ1n) is 7.08. The maximum atomic E-state index is 5.92. The number of hydroxylamine groups is 1. The summed E-state index contributed by atoms with van der Waals surface area (Å²) in [5, 5.41) is 5.80. The quantitative estimate of drug-likeness (QED) is 0.651. The molecule has 0 bridgehead atoms. The van der Waals surface area contributed by atoms with Crippen LogP contribution in [0.3, 0.4) is 0 Å². The number of pyridine rings is 1. The second kappa shape index (κ2) is 6.87. The molecule has 0 radical (unpaired) electrons. The molecule has 0 aliphatic carbocycles. The van der Waals surface area contributed by atoms with Crippen molar-refractivity contribution >= 4 is 5.69 Å². The number of para-hydroxylation sites is 1. The summed E-state index contributed by atoms with van der Waals surface area (Å²) in [5.74, 6) is 0.777. The van der Waals surface area contributed by atoms with Gasteiger partial charge in [0.15, 0.2) is 0 Å². The molecule has 3 rings (SSSR count). The Bertz CT molecular complexity index is 698. The topological polar surface area (TPSA) is 51.4 Å². The van der Waals surface area contributed by atoms with E-state index in [1.165, 1.54) is 0 Å². The van der Waals surface area contributed by atoms with Gasteiger partial charge < -0.3 is 4.52 Å². The van der Waals surface area contributed by atoms with E-state index in [0.717, 1.165) is 22.7 Å². The van der Waals surface area contributed by atoms with Gasteiger partial charge in [0, 0.05) is 18.5 Å². The lowest BCUT2D eigenvalue weighted by Crippen LogP contribution is -2.23. The van der Waals surface area contributed by atoms with Crippen LogP contribution in [0.4, 0.5) is 5.69 Å². The third-order valence-corrected chi connectivity index (χ3v) is 3.16. The van der Waals surface area contributed by atoms with E-state index in [0.29, 0.717) is 13.2 Å². The molecule has 0 amide bonds. The molecule has 5 nitrogen and oxygen atoms in total. The van der Waals surface area contributed by atoms with Crippen molar-refractivity contribution in [3.05, 3.63) is 77.9 Å². The van der Waals surface area contributed by atoms with Crippen LogP contribution in [0.1, 0.15) is 17.0 Å². The molecule has 0 saturated heterocycles. The summed E-state index contributed by atoms with van der Waals surface area (Å²) in [6, 6.07) is 15.8. The molecule has 0 spiro atoms. The predicted octanol–water partition coefficient (Wildman–Crippen LogP) is 3.52. The second-order valence-electron chi connectivity index (χ2n) is 4.93. The van der Waals surface area contributed by atoms with Crippen molar-refractivity contribution in [1.82, 2.24) is 10.1 Å². The molecule has 1 aromatic carbocycles. The Labute approximate surface area is 129 Å². The molecule has 112 valence electrons. The van der Waals surface area contributed by atoms with Gasteiger partial charge in [0.1, 0.15) is 18.1 Å². The molecule has 0 aliphatic rings. The largest absolute Gasteiger partial charge is 0.361 e. The van der Waals surface area contributed by atoms with Crippen molar-refractivity contribution in [2.75, 3.05) is 5.06 Å². The third kappa shape index (κ3) is 3.71. The summed E-state index contributed by atoms with van der Waals surface area (Å²) in [5.41, 5.74) is 2.88.